The van der Waals surface area contributed by atoms with Crippen LogP contribution >= 0.6 is 0 Å². The van der Waals surface area contributed by atoms with Crippen molar-refractivity contribution in [2.24, 2.45) is 5.73 Å². The van der Waals surface area contributed by atoms with Crippen molar-refractivity contribution in [2.75, 3.05) is 6.54 Å². The molecule has 0 saturated heterocycles. The molecule has 2 heterocycles. The fourth-order valence-corrected chi connectivity index (χ4v) is 1.44. The van der Waals surface area contributed by atoms with E-state index in [-0.39, 0.29) is 6.61 Å². The van der Waals surface area contributed by atoms with Crippen LogP contribution in [0.1, 0.15) is 17.2 Å². The molecule has 0 aliphatic carbocycles. The Morgan fingerprint density at radius 2 is 2.29 bits per heavy atom. The monoisotopic (exact) mass is 234 g/mol. The van der Waals surface area contributed by atoms with E-state index in [0.717, 1.165) is 11.4 Å². The van der Waals surface area contributed by atoms with Crippen LogP contribution in [-0.4, -0.2) is 21.7 Å². The van der Waals surface area contributed by atoms with Gasteiger partial charge in [0.1, 0.15) is 5.75 Å². The molecule has 0 aliphatic rings. The van der Waals surface area contributed by atoms with Crippen LogP contribution < -0.4 is 10.5 Å². The maximum absolute atomic E-state index is 5.59. The van der Waals surface area contributed by atoms with E-state index in [0.29, 0.717) is 24.5 Å². The van der Waals surface area contributed by atoms with Crippen LogP contribution in [-0.2, 0) is 13.0 Å². The smallest absolute Gasteiger partial charge is 0.213 e. The summed E-state index contributed by atoms with van der Waals surface area (Å²) in [5.74, 6) is 1.22. The van der Waals surface area contributed by atoms with Gasteiger partial charge in [-0.2, -0.15) is 4.98 Å². The van der Waals surface area contributed by atoms with Crippen molar-refractivity contribution in [3.63, 3.8) is 0 Å². The lowest BCUT2D eigenvalue weighted by atomic mass is 10.2. The third-order valence-electron chi connectivity index (χ3n) is 2.22. The maximum Gasteiger partial charge on any atom is 0.213 e. The third-order valence-corrected chi connectivity index (χ3v) is 2.22. The van der Waals surface area contributed by atoms with Crippen LogP contribution in [0.4, 0.5) is 0 Å². The van der Waals surface area contributed by atoms with Crippen LogP contribution in [0.2, 0.25) is 0 Å². The zero-order valence-electron chi connectivity index (χ0n) is 9.59. The number of pyridine rings is 1. The maximum atomic E-state index is 5.59. The van der Waals surface area contributed by atoms with Crippen molar-refractivity contribution in [3.05, 3.63) is 35.7 Å². The van der Waals surface area contributed by atoms with Gasteiger partial charge < -0.3 is 15.0 Å². The summed E-state index contributed by atoms with van der Waals surface area (Å²) >= 11 is 0. The Balaban J connectivity index is 2.08. The molecule has 6 nitrogen and oxygen atoms in total. The van der Waals surface area contributed by atoms with Gasteiger partial charge in [-0.3, -0.25) is 4.98 Å². The summed E-state index contributed by atoms with van der Waals surface area (Å²) in [5, 5.41) is 3.67. The molecule has 0 aromatic carbocycles. The molecule has 0 amide bonds. The minimum Gasteiger partial charge on any atom is -0.484 e. The van der Waals surface area contributed by atoms with Crippen molar-refractivity contribution in [2.45, 2.75) is 20.0 Å². The molecule has 0 unspecified atom stereocenters. The highest BCUT2D eigenvalue weighted by Gasteiger charge is 2.07. The van der Waals surface area contributed by atoms with Crippen molar-refractivity contribution in [1.82, 2.24) is 15.1 Å². The fourth-order valence-electron chi connectivity index (χ4n) is 1.44. The molecular formula is C11H14N4O2. The van der Waals surface area contributed by atoms with Crippen molar-refractivity contribution in [3.8, 4) is 5.75 Å². The molecule has 0 spiro atoms. The van der Waals surface area contributed by atoms with Crippen molar-refractivity contribution < 1.29 is 9.26 Å². The third kappa shape index (κ3) is 3.01. The Hall–Kier alpha value is -1.95. The summed E-state index contributed by atoms with van der Waals surface area (Å²) in [6.07, 6.45) is 1.95. The molecule has 0 radical (unpaired) electrons. The number of nitrogens with two attached hydrogens (primary N) is 1. The lowest BCUT2D eigenvalue weighted by Gasteiger charge is -2.09. The molecule has 0 aliphatic heterocycles. The quantitative estimate of drug-likeness (QED) is 0.825. The Bertz CT molecular complexity index is 470. The number of hydrogen-bond acceptors (Lipinski definition) is 6. The minimum atomic E-state index is 0.263. The van der Waals surface area contributed by atoms with Crippen LogP contribution in [0.3, 0.4) is 0 Å². The molecule has 0 bridgehead atoms. The second kappa shape index (κ2) is 5.40. The Morgan fingerprint density at radius 3 is 3.00 bits per heavy atom. The number of nitrogens with zero attached hydrogens (tertiary/aromatic N) is 3. The summed E-state index contributed by atoms with van der Waals surface area (Å²) in [6, 6.07) is 3.78. The average Bonchev–Trinajstić information content (AvgIpc) is 2.81. The standard InChI is InChI=1S/C11H14N4O2/c1-8-2-3-10(9(14-8)4-5-12)16-6-11-13-7-17-15-11/h2-3,7H,4-6,12H2,1H3. The van der Waals surface area contributed by atoms with Gasteiger partial charge in [0.2, 0.25) is 12.2 Å². The van der Waals surface area contributed by atoms with E-state index in [4.69, 9.17) is 10.5 Å². The Morgan fingerprint density at radius 1 is 1.41 bits per heavy atom. The number of aryl methyl sites for hydroxylation is 1. The summed E-state index contributed by atoms with van der Waals surface area (Å²) in [4.78, 5) is 8.27. The molecule has 2 N–H and O–H groups in total. The lowest BCUT2D eigenvalue weighted by Crippen LogP contribution is -2.08. The van der Waals surface area contributed by atoms with E-state index in [1.54, 1.807) is 0 Å². The van der Waals surface area contributed by atoms with E-state index in [9.17, 15) is 0 Å². The first-order valence-electron chi connectivity index (χ1n) is 5.34. The largest absolute Gasteiger partial charge is 0.484 e. The van der Waals surface area contributed by atoms with Gasteiger partial charge in [0.25, 0.3) is 0 Å². The molecule has 0 saturated carbocycles. The number of aromatic nitrogens is 3. The van der Waals surface area contributed by atoms with Crippen LogP contribution in [0, 0.1) is 6.92 Å². The molecule has 90 valence electrons. The highest BCUT2D eigenvalue weighted by molar-refractivity contribution is 5.29. The van der Waals surface area contributed by atoms with Gasteiger partial charge in [-0.1, -0.05) is 5.16 Å². The van der Waals surface area contributed by atoms with Crippen molar-refractivity contribution in [1.29, 1.82) is 0 Å². The summed E-state index contributed by atoms with van der Waals surface area (Å²) in [6.45, 7) is 2.73. The zero-order chi connectivity index (χ0) is 12.1. The first kappa shape index (κ1) is 11.5. The van der Waals surface area contributed by atoms with Crippen LogP contribution in [0.25, 0.3) is 0 Å². The molecule has 2 aromatic heterocycles. The van der Waals surface area contributed by atoms with Crippen molar-refractivity contribution >= 4 is 0 Å². The van der Waals surface area contributed by atoms with E-state index in [2.05, 4.69) is 19.6 Å². The Labute approximate surface area is 98.8 Å². The predicted octanol–water partition coefficient (Wildman–Crippen LogP) is 0.853. The Kier molecular flexibility index (Phi) is 3.66. The number of ether oxygens (including phenoxy) is 1. The first-order chi connectivity index (χ1) is 8.29. The van der Waals surface area contributed by atoms with Crippen LogP contribution in [0.5, 0.6) is 5.75 Å². The molecule has 0 atom stereocenters. The topological polar surface area (TPSA) is 87.1 Å². The van der Waals surface area contributed by atoms with Gasteiger partial charge in [-0.05, 0) is 25.6 Å². The SMILES string of the molecule is Cc1ccc(OCc2ncon2)c(CCN)n1. The van der Waals surface area contributed by atoms with Gasteiger partial charge in [0, 0.05) is 12.1 Å². The second-order valence-electron chi connectivity index (χ2n) is 3.57. The molecule has 2 rings (SSSR count). The fraction of sp³-hybridized carbons (Fsp3) is 0.364. The minimum absolute atomic E-state index is 0.263. The molecule has 6 heteroatoms. The van der Waals surface area contributed by atoms with E-state index in [1.807, 2.05) is 19.1 Å². The average molecular weight is 234 g/mol. The van der Waals surface area contributed by atoms with Gasteiger partial charge in [0.05, 0.1) is 5.69 Å². The first-order valence-corrected chi connectivity index (χ1v) is 5.34. The van der Waals surface area contributed by atoms with E-state index in [1.165, 1.54) is 6.39 Å². The molecule has 0 fully saturated rings. The molecule has 17 heavy (non-hydrogen) atoms. The lowest BCUT2D eigenvalue weighted by molar-refractivity contribution is 0.282. The molecular weight excluding hydrogens is 220 g/mol. The van der Waals surface area contributed by atoms with E-state index < -0.39 is 0 Å². The number of hydrogen-bond donors (Lipinski definition) is 1. The summed E-state index contributed by atoms with van der Waals surface area (Å²) in [7, 11) is 0. The zero-order valence-corrected chi connectivity index (χ0v) is 9.59. The van der Waals surface area contributed by atoms with Crippen LogP contribution in [0.15, 0.2) is 23.0 Å². The van der Waals surface area contributed by atoms with E-state index >= 15 is 0 Å². The van der Waals surface area contributed by atoms with Gasteiger partial charge in [-0.25, -0.2) is 0 Å². The predicted molar refractivity (Wildman–Crippen MR) is 60.4 cm³/mol. The molecule has 2 aromatic rings. The van der Waals surface area contributed by atoms with Gasteiger partial charge >= 0.3 is 0 Å². The summed E-state index contributed by atoms with van der Waals surface area (Å²) < 4.78 is 10.2. The highest BCUT2D eigenvalue weighted by atomic mass is 16.5. The van der Waals surface area contributed by atoms with Gasteiger partial charge in [-0.15, -0.1) is 0 Å². The second-order valence-corrected chi connectivity index (χ2v) is 3.57. The highest BCUT2D eigenvalue weighted by Crippen LogP contribution is 2.18. The normalized spacial score (nSPS) is 10.5. The summed E-state index contributed by atoms with van der Waals surface area (Å²) in [5.41, 5.74) is 7.34. The number of rotatable bonds is 5. The van der Waals surface area contributed by atoms with Gasteiger partial charge in [0.15, 0.2) is 6.61 Å².